The first-order valence-electron chi connectivity index (χ1n) is 7.29. The van der Waals surface area contributed by atoms with Crippen LogP contribution in [-0.4, -0.2) is 25.9 Å². The molecule has 0 aliphatic carbocycles. The van der Waals surface area contributed by atoms with Crippen LogP contribution in [0.25, 0.3) is 0 Å². The third-order valence-electron chi connectivity index (χ3n) is 3.91. The number of hydrogen-bond acceptors (Lipinski definition) is 3. The summed E-state index contributed by atoms with van der Waals surface area (Å²) >= 11 is 3.63. The van der Waals surface area contributed by atoms with Gasteiger partial charge in [-0.05, 0) is 50.9 Å². The van der Waals surface area contributed by atoms with Crippen LogP contribution in [0.3, 0.4) is 0 Å². The van der Waals surface area contributed by atoms with Gasteiger partial charge in [0.05, 0.1) is 25.4 Å². The standard InChI is InChI=1S/C16H24BrNO2/c1-5-18-16(14-7-6-11(3)20-14)12-9-13(17)10(2)8-15(12)19-4/h8-9,11,14,16,18H,5-7H2,1-4H3. The van der Waals surface area contributed by atoms with Crippen LogP contribution in [-0.2, 0) is 4.74 Å². The van der Waals surface area contributed by atoms with Gasteiger partial charge >= 0.3 is 0 Å². The molecule has 1 aromatic rings. The molecule has 1 aromatic carbocycles. The first-order chi connectivity index (χ1) is 9.56. The summed E-state index contributed by atoms with van der Waals surface area (Å²) in [5.41, 5.74) is 2.35. The van der Waals surface area contributed by atoms with Gasteiger partial charge in [-0.25, -0.2) is 0 Å². The normalized spacial score (nSPS) is 23.9. The Hall–Kier alpha value is -0.580. The zero-order chi connectivity index (χ0) is 14.7. The van der Waals surface area contributed by atoms with Crippen LogP contribution in [0, 0.1) is 6.92 Å². The fraction of sp³-hybridized carbons (Fsp3) is 0.625. The van der Waals surface area contributed by atoms with Crippen LogP contribution in [0.5, 0.6) is 5.75 Å². The topological polar surface area (TPSA) is 30.5 Å². The lowest BCUT2D eigenvalue weighted by Gasteiger charge is -2.27. The smallest absolute Gasteiger partial charge is 0.124 e. The minimum absolute atomic E-state index is 0.178. The molecule has 0 radical (unpaired) electrons. The SMILES string of the molecule is CCNC(c1cc(Br)c(C)cc1OC)C1CCC(C)O1. The molecule has 4 heteroatoms. The average Bonchev–Trinajstić information content (AvgIpc) is 2.85. The van der Waals surface area contributed by atoms with Gasteiger partial charge in [-0.15, -0.1) is 0 Å². The van der Waals surface area contributed by atoms with Crippen molar-refractivity contribution < 1.29 is 9.47 Å². The number of ether oxygens (including phenoxy) is 2. The Balaban J connectivity index is 2.35. The molecule has 0 bridgehead atoms. The molecule has 1 N–H and O–H groups in total. The van der Waals surface area contributed by atoms with Crippen molar-refractivity contribution in [2.24, 2.45) is 0 Å². The van der Waals surface area contributed by atoms with Crippen molar-refractivity contribution in [1.82, 2.24) is 5.32 Å². The van der Waals surface area contributed by atoms with Crippen molar-refractivity contribution >= 4 is 15.9 Å². The summed E-state index contributed by atoms with van der Waals surface area (Å²) in [4.78, 5) is 0. The van der Waals surface area contributed by atoms with Gasteiger partial charge in [0.1, 0.15) is 5.75 Å². The van der Waals surface area contributed by atoms with E-state index in [2.05, 4.69) is 54.2 Å². The quantitative estimate of drug-likeness (QED) is 0.878. The van der Waals surface area contributed by atoms with Gasteiger partial charge in [-0.2, -0.15) is 0 Å². The summed E-state index contributed by atoms with van der Waals surface area (Å²) in [5, 5.41) is 3.56. The molecule has 3 nitrogen and oxygen atoms in total. The van der Waals surface area contributed by atoms with Crippen LogP contribution in [0.15, 0.2) is 16.6 Å². The average molecular weight is 342 g/mol. The van der Waals surface area contributed by atoms with E-state index in [4.69, 9.17) is 9.47 Å². The first-order valence-corrected chi connectivity index (χ1v) is 8.09. The van der Waals surface area contributed by atoms with Gasteiger partial charge < -0.3 is 14.8 Å². The maximum absolute atomic E-state index is 6.07. The van der Waals surface area contributed by atoms with E-state index < -0.39 is 0 Å². The van der Waals surface area contributed by atoms with Gasteiger partial charge in [0.25, 0.3) is 0 Å². The van der Waals surface area contributed by atoms with Crippen LogP contribution < -0.4 is 10.1 Å². The summed E-state index contributed by atoms with van der Waals surface area (Å²) in [5.74, 6) is 0.930. The van der Waals surface area contributed by atoms with Crippen molar-refractivity contribution in [2.45, 2.75) is 51.9 Å². The van der Waals surface area contributed by atoms with Crippen LogP contribution in [0.2, 0.25) is 0 Å². The van der Waals surface area contributed by atoms with E-state index in [9.17, 15) is 0 Å². The number of hydrogen-bond donors (Lipinski definition) is 1. The lowest BCUT2D eigenvalue weighted by Crippen LogP contribution is -2.32. The Morgan fingerprint density at radius 1 is 1.45 bits per heavy atom. The lowest BCUT2D eigenvalue weighted by molar-refractivity contribution is 0.0314. The maximum Gasteiger partial charge on any atom is 0.124 e. The molecule has 3 unspecified atom stereocenters. The molecule has 1 aliphatic rings. The zero-order valence-corrected chi connectivity index (χ0v) is 14.3. The lowest BCUT2D eigenvalue weighted by atomic mass is 9.97. The molecule has 2 rings (SSSR count). The highest BCUT2D eigenvalue weighted by atomic mass is 79.9. The van der Waals surface area contributed by atoms with Crippen molar-refractivity contribution in [2.75, 3.05) is 13.7 Å². The van der Waals surface area contributed by atoms with E-state index in [0.29, 0.717) is 6.10 Å². The molecular weight excluding hydrogens is 318 g/mol. The number of halogens is 1. The molecule has 1 saturated heterocycles. The fourth-order valence-electron chi connectivity index (χ4n) is 2.83. The molecule has 1 fully saturated rings. The highest BCUT2D eigenvalue weighted by molar-refractivity contribution is 9.10. The largest absolute Gasteiger partial charge is 0.496 e. The van der Waals surface area contributed by atoms with Crippen molar-refractivity contribution in [3.05, 3.63) is 27.7 Å². The molecule has 0 amide bonds. The minimum Gasteiger partial charge on any atom is -0.496 e. The summed E-state index contributed by atoms with van der Waals surface area (Å²) in [6, 6.07) is 4.42. The summed E-state index contributed by atoms with van der Waals surface area (Å²) < 4.78 is 12.8. The first kappa shape index (κ1) is 15.8. The van der Waals surface area contributed by atoms with Gasteiger partial charge in [-0.1, -0.05) is 22.9 Å². The molecule has 20 heavy (non-hydrogen) atoms. The molecule has 0 spiro atoms. The Labute approximate surface area is 130 Å². The zero-order valence-electron chi connectivity index (χ0n) is 12.7. The van der Waals surface area contributed by atoms with E-state index in [1.54, 1.807) is 7.11 Å². The highest BCUT2D eigenvalue weighted by Crippen LogP contribution is 2.37. The molecule has 3 atom stereocenters. The van der Waals surface area contributed by atoms with E-state index in [0.717, 1.165) is 29.6 Å². The second-order valence-electron chi connectivity index (χ2n) is 5.44. The fourth-order valence-corrected chi connectivity index (χ4v) is 3.19. The van der Waals surface area contributed by atoms with Gasteiger partial charge in [0.15, 0.2) is 0 Å². The van der Waals surface area contributed by atoms with E-state index in [1.807, 2.05) is 0 Å². The maximum atomic E-state index is 6.07. The van der Waals surface area contributed by atoms with Crippen molar-refractivity contribution in [3.63, 3.8) is 0 Å². The number of benzene rings is 1. The number of methoxy groups -OCH3 is 1. The van der Waals surface area contributed by atoms with Crippen molar-refractivity contribution in [1.29, 1.82) is 0 Å². The van der Waals surface area contributed by atoms with Crippen LogP contribution >= 0.6 is 15.9 Å². The molecule has 112 valence electrons. The molecule has 1 aliphatic heterocycles. The van der Waals surface area contributed by atoms with E-state index in [1.165, 1.54) is 11.1 Å². The predicted molar refractivity (Wildman–Crippen MR) is 85.4 cm³/mol. The van der Waals surface area contributed by atoms with E-state index >= 15 is 0 Å². The van der Waals surface area contributed by atoms with Crippen LogP contribution in [0.4, 0.5) is 0 Å². The molecule has 0 saturated carbocycles. The second kappa shape index (κ2) is 6.92. The molecule has 0 aromatic heterocycles. The summed E-state index contributed by atoms with van der Waals surface area (Å²) in [7, 11) is 1.73. The van der Waals surface area contributed by atoms with Gasteiger partial charge in [-0.3, -0.25) is 0 Å². The number of likely N-dealkylation sites (N-methyl/N-ethyl adjacent to an activating group) is 1. The molecular formula is C16H24BrNO2. The molecule has 1 heterocycles. The van der Waals surface area contributed by atoms with Gasteiger partial charge in [0, 0.05) is 10.0 Å². The van der Waals surface area contributed by atoms with Gasteiger partial charge in [0.2, 0.25) is 0 Å². The highest BCUT2D eigenvalue weighted by Gasteiger charge is 2.32. The Bertz CT molecular complexity index is 464. The monoisotopic (exact) mass is 341 g/mol. The van der Waals surface area contributed by atoms with Crippen LogP contribution in [0.1, 0.15) is 43.9 Å². The number of rotatable bonds is 5. The second-order valence-corrected chi connectivity index (χ2v) is 6.30. The third-order valence-corrected chi connectivity index (χ3v) is 4.76. The van der Waals surface area contributed by atoms with Crippen molar-refractivity contribution in [3.8, 4) is 5.75 Å². The predicted octanol–water partition coefficient (Wildman–Crippen LogP) is 3.98. The Kier molecular flexibility index (Phi) is 5.47. The summed E-state index contributed by atoms with van der Waals surface area (Å²) in [6.45, 7) is 7.26. The Morgan fingerprint density at radius 2 is 2.20 bits per heavy atom. The minimum atomic E-state index is 0.178. The number of nitrogens with one attached hydrogen (secondary N) is 1. The number of aryl methyl sites for hydroxylation is 1. The third kappa shape index (κ3) is 3.35. The Morgan fingerprint density at radius 3 is 2.75 bits per heavy atom. The summed E-state index contributed by atoms with van der Waals surface area (Å²) in [6.07, 6.45) is 2.78. The van der Waals surface area contributed by atoms with E-state index in [-0.39, 0.29) is 12.1 Å².